The van der Waals surface area contributed by atoms with Crippen LogP contribution in [0.4, 0.5) is 17.6 Å². The number of Topliss-reactive ketones (excluding diaryl/α,β-unsaturated/α-hetero) is 1. The molecule has 0 spiro atoms. The lowest BCUT2D eigenvalue weighted by Crippen LogP contribution is -2.15. The topological polar surface area (TPSA) is 79.8 Å². The number of nitriles is 1. The number of hydrogen-bond donors (Lipinski definition) is 0. The van der Waals surface area contributed by atoms with Crippen LogP contribution >= 0.6 is 11.6 Å². The molecule has 3 aromatic rings. The molecule has 0 saturated heterocycles. The first-order valence-corrected chi connectivity index (χ1v) is 8.92. The molecule has 0 aliphatic carbocycles. The fourth-order valence-electron chi connectivity index (χ4n) is 2.65. The second kappa shape index (κ2) is 8.63. The summed E-state index contributed by atoms with van der Waals surface area (Å²) in [6, 6.07) is 7.90. The number of pyridine rings is 1. The monoisotopic (exact) mass is 437 g/mol. The number of rotatable bonds is 6. The van der Waals surface area contributed by atoms with Gasteiger partial charge in [0, 0.05) is 24.6 Å². The van der Waals surface area contributed by atoms with E-state index in [1.807, 2.05) is 0 Å². The van der Waals surface area contributed by atoms with Gasteiger partial charge in [0.2, 0.25) is 0 Å². The third kappa shape index (κ3) is 4.83. The van der Waals surface area contributed by atoms with Crippen molar-refractivity contribution in [2.24, 2.45) is 0 Å². The van der Waals surface area contributed by atoms with Gasteiger partial charge < -0.3 is 4.42 Å². The van der Waals surface area contributed by atoms with Crippen molar-refractivity contribution in [3.8, 4) is 17.4 Å². The van der Waals surface area contributed by atoms with Crippen molar-refractivity contribution in [3.63, 3.8) is 0 Å². The average molecular weight is 438 g/mol. The second-order valence-electron chi connectivity index (χ2n) is 6.24. The van der Waals surface area contributed by atoms with Crippen LogP contribution in [-0.2, 0) is 17.4 Å². The normalized spacial score (nSPS) is 12.4. The molecule has 1 unspecified atom stereocenters. The van der Waals surface area contributed by atoms with Gasteiger partial charge in [0.25, 0.3) is 0 Å². The second-order valence-corrected chi connectivity index (χ2v) is 6.65. The first kappa shape index (κ1) is 21.5. The van der Waals surface area contributed by atoms with E-state index in [9.17, 15) is 27.6 Å². The maximum atomic E-state index is 13.0. The van der Waals surface area contributed by atoms with Gasteiger partial charge >= 0.3 is 6.18 Å². The molecule has 0 radical (unpaired) electrons. The van der Waals surface area contributed by atoms with Crippen LogP contribution in [0.15, 0.2) is 47.1 Å². The van der Waals surface area contributed by atoms with Crippen molar-refractivity contribution in [1.82, 2.24) is 9.97 Å². The Morgan fingerprint density at radius 3 is 2.50 bits per heavy atom. The highest BCUT2D eigenvalue weighted by atomic mass is 35.5. The summed E-state index contributed by atoms with van der Waals surface area (Å²) >= 11 is 5.83. The quantitative estimate of drug-likeness (QED) is 0.485. The number of hydrogen-bond acceptors (Lipinski definition) is 5. The Labute approximate surface area is 172 Å². The van der Waals surface area contributed by atoms with Gasteiger partial charge in [-0.2, -0.15) is 18.4 Å². The molecule has 0 aliphatic rings. The van der Waals surface area contributed by atoms with Crippen LogP contribution in [0, 0.1) is 17.1 Å². The third-order valence-corrected chi connectivity index (χ3v) is 4.49. The molecular formula is C20H12ClF4N3O2. The van der Waals surface area contributed by atoms with E-state index >= 15 is 0 Å². The van der Waals surface area contributed by atoms with Gasteiger partial charge in [-0.25, -0.2) is 9.37 Å². The summed E-state index contributed by atoms with van der Waals surface area (Å²) in [6.07, 6.45) is -2.81. The molecule has 0 fully saturated rings. The molecular weight excluding hydrogens is 426 g/mol. The highest BCUT2D eigenvalue weighted by Gasteiger charge is 2.33. The van der Waals surface area contributed by atoms with E-state index in [1.54, 1.807) is 6.07 Å². The summed E-state index contributed by atoms with van der Waals surface area (Å²) in [6.45, 7) is 0. The average Bonchev–Trinajstić information content (AvgIpc) is 3.17. The number of aromatic nitrogens is 2. The van der Waals surface area contributed by atoms with Crippen LogP contribution in [0.25, 0.3) is 11.3 Å². The molecule has 0 aliphatic heterocycles. The minimum Gasteiger partial charge on any atom is -0.441 e. The molecule has 5 nitrogen and oxygen atoms in total. The van der Waals surface area contributed by atoms with Crippen LogP contribution in [0.1, 0.15) is 29.5 Å². The molecule has 30 heavy (non-hydrogen) atoms. The van der Waals surface area contributed by atoms with E-state index < -0.39 is 34.3 Å². The highest BCUT2D eigenvalue weighted by molar-refractivity contribution is 6.31. The van der Waals surface area contributed by atoms with Crippen molar-refractivity contribution in [3.05, 3.63) is 70.7 Å². The maximum absolute atomic E-state index is 13.0. The van der Waals surface area contributed by atoms with Crippen LogP contribution in [0.2, 0.25) is 5.02 Å². The SMILES string of the molecule is N#CC(C(=O)CCc1ncc(-c2ccc(F)cc2)o1)c1ncc(C(F)(F)F)cc1Cl. The van der Waals surface area contributed by atoms with Crippen LogP contribution in [0.5, 0.6) is 0 Å². The van der Waals surface area contributed by atoms with Gasteiger partial charge in [-0.15, -0.1) is 0 Å². The smallest absolute Gasteiger partial charge is 0.417 e. The van der Waals surface area contributed by atoms with E-state index in [1.165, 1.54) is 30.5 Å². The maximum Gasteiger partial charge on any atom is 0.417 e. The number of aryl methyl sites for hydroxylation is 1. The summed E-state index contributed by atoms with van der Waals surface area (Å²) in [5, 5.41) is 8.90. The summed E-state index contributed by atoms with van der Waals surface area (Å²) in [7, 11) is 0. The molecule has 2 aromatic heterocycles. The Balaban J connectivity index is 1.69. The predicted octanol–water partition coefficient (Wildman–Crippen LogP) is 5.36. The Morgan fingerprint density at radius 1 is 1.20 bits per heavy atom. The number of ketones is 1. The lowest BCUT2D eigenvalue weighted by molar-refractivity contribution is -0.137. The minimum atomic E-state index is -4.64. The standard InChI is InChI=1S/C20H12ClF4N3O2/c21-15-7-12(20(23,24)25)9-28-19(15)14(8-26)16(29)5-6-18-27-10-17(30-18)11-1-3-13(22)4-2-11/h1-4,7,9-10,14H,5-6H2. The first-order chi connectivity index (χ1) is 14.2. The molecule has 0 bridgehead atoms. The molecule has 2 heterocycles. The highest BCUT2D eigenvalue weighted by Crippen LogP contribution is 2.33. The molecule has 1 atom stereocenters. The summed E-state index contributed by atoms with van der Waals surface area (Å²) < 4.78 is 56.7. The zero-order valence-corrected chi connectivity index (χ0v) is 15.8. The van der Waals surface area contributed by atoms with Crippen LogP contribution in [-0.4, -0.2) is 15.8 Å². The van der Waals surface area contributed by atoms with Gasteiger partial charge in [0.15, 0.2) is 17.4 Å². The Hall–Kier alpha value is -3.25. The number of oxazole rings is 1. The van der Waals surface area contributed by atoms with Gasteiger partial charge in [-0.05, 0) is 30.3 Å². The zero-order chi connectivity index (χ0) is 21.9. The molecule has 154 valence electrons. The van der Waals surface area contributed by atoms with E-state index in [-0.39, 0.29) is 24.4 Å². The van der Waals surface area contributed by atoms with Crippen molar-refractivity contribution < 1.29 is 26.8 Å². The van der Waals surface area contributed by atoms with Crippen molar-refractivity contribution in [2.45, 2.75) is 24.9 Å². The Kier molecular flexibility index (Phi) is 6.17. The minimum absolute atomic E-state index is 0.0520. The molecule has 3 rings (SSSR count). The fraction of sp³-hybridized carbons (Fsp3) is 0.200. The van der Waals surface area contributed by atoms with Crippen LogP contribution < -0.4 is 0 Å². The molecule has 1 aromatic carbocycles. The van der Waals surface area contributed by atoms with Crippen molar-refractivity contribution in [2.75, 3.05) is 0 Å². The van der Waals surface area contributed by atoms with Gasteiger partial charge in [-0.1, -0.05) is 11.6 Å². The van der Waals surface area contributed by atoms with E-state index in [0.29, 0.717) is 23.6 Å². The van der Waals surface area contributed by atoms with Gasteiger partial charge in [0.1, 0.15) is 11.7 Å². The van der Waals surface area contributed by atoms with Crippen molar-refractivity contribution in [1.29, 1.82) is 5.26 Å². The summed E-state index contributed by atoms with van der Waals surface area (Å²) in [4.78, 5) is 20.1. The van der Waals surface area contributed by atoms with Gasteiger partial charge in [0.05, 0.1) is 28.5 Å². The van der Waals surface area contributed by atoms with E-state index in [4.69, 9.17) is 16.0 Å². The molecule has 10 heteroatoms. The van der Waals surface area contributed by atoms with E-state index in [2.05, 4.69) is 9.97 Å². The third-order valence-electron chi connectivity index (χ3n) is 4.19. The predicted molar refractivity (Wildman–Crippen MR) is 97.8 cm³/mol. The molecule has 0 N–H and O–H groups in total. The number of alkyl halides is 3. The van der Waals surface area contributed by atoms with Crippen molar-refractivity contribution >= 4 is 17.4 Å². The van der Waals surface area contributed by atoms with Crippen LogP contribution in [0.3, 0.4) is 0 Å². The lowest BCUT2D eigenvalue weighted by atomic mass is 9.97. The first-order valence-electron chi connectivity index (χ1n) is 8.54. The van der Waals surface area contributed by atoms with E-state index in [0.717, 1.165) is 0 Å². The Bertz CT molecular complexity index is 1100. The number of carbonyl (C=O) groups is 1. The molecule has 0 amide bonds. The lowest BCUT2D eigenvalue weighted by Gasteiger charge is -2.12. The number of benzene rings is 1. The summed E-state index contributed by atoms with van der Waals surface area (Å²) in [5.41, 5.74) is -0.720. The van der Waals surface area contributed by atoms with Gasteiger partial charge in [-0.3, -0.25) is 9.78 Å². The molecule has 0 saturated carbocycles. The largest absolute Gasteiger partial charge is 0.441 e. The summed E-state index contributed by atoms with van der Waals surface area (Å²) in [5.74, 6) is -1.82. The fourth-order valence-corrected chi connectivity index (χ4v) is 2.92. The number of carbonyl (C=O) groups excluding carboxylic acids is 1. The number of halogens is 5. The number of nitrogens with zero attached hydrogens (tertiary/aromatic N) is 3. The zero-order valence-electron chi connectivity index (χ0n) is 15.1. The Morgan fingerprint density at radius 2 is 1.90 bits per heavy atom.